The number of nitrogens with zero attached hydrogens (tertiary/aromatic N) is 2. The summed E-state index contributed by atoms with van der Waals surface area (Å²) < 4.78 is 0. The summed E-state index contributed by atoms with van der Waals surface area (Å²) in [6.07, 6.45) is 0. The van der Waals surface area contributed by atoms with Crippen molar-refractivity contribution in [2.45, 2.75) is 6.92 Å². The van der Waals surface area contributed by atoms with Gasteiger partial charge < -0.3 is 14.8 Å². The number of nitrogens with one attached hydrogen (secondary N) is 1. The lowest BCUT2D eigenvalue weighted by Crippen LogP contribution is -2.50. The Morgan fingerprint density at radius 2 is 1.52 bits per heavy atom. The number of H-pyrrole nitrogens is 1. The molecular weight excluding hydrogens is 362 g/mol. The van der Waals surface area contributed by atoms with E-state index in [1.807, 2.05) is 31.2 Å². The smallest absolute Gasteiger partial charge is 0.270 e. The number of halogens is 1. The number of carbonyl (C=O) groups excluding carboxylic acids is 2. The van der Waals surface area contributed by atoms with Gasteiger partial charge in [0.25, 0.3) is 11.8 Å². The average molecular weight is 382 g/mol. The Labute approximate surface area is 162 Å². The fourth-order valence-corrected chi connectivity index (χ4v) is 3.54. The first-order chi connectivity index (χ1) is 13.0. The first-order valence-corrected chi connectivity index (χ1v) is 9.32. The number of rotatable bonds is 2. The van der Waals surface area contributed by atoms with Crippen molar-refractivity contribution in [3.63, 3.8) is 0 Å². The van der Waals surface area contributed by atoms with E-state index < -0.39 is 0 Å². The topological polar surface area (TPSA) is 56.4 Å². The number of aromatic amines is 1. The zero-order valence-electron chi connectivity index (χ0n) is 15.0. The molecule has 2 aromatic carbocycles. The minimum Gasteiger partial charge on any atom is -0.351 e. The molecule has 0 atom stereocenters. The molecule has 0 aliphatic carbocycles. The third-order valence-corrected chi connectivity index (χ3v) is 5.21. The lowest BCUT2D eigenvalue weighted by atomic mass is 10.1. The maximum Gasteiger partial charge on any atom is 0.270 e. The van der Waals surface area contributed by atoms with Gasteiger partial charge in [0.15, 0.2) is 0 Å². The summed E-state index contributed by atoms with van der Waals surface area (Å²) in [5.41, 5.74) is 3.32. The van der Waals surface area contributed by atoms with Crippen molar-refractivity contribution in [3.05, 3.63) is 70.4 Å². The Bertz CT molecular complexity index is 1000. The Morgan fingerprint density at radius 1 is 0.889 bits per heavy atom. The molecule has 2 amide bonds. The molecule has 1 N–H and O–H groups in total. The van der Waals surface area contributed by atoms with Crippen molar-refractivity contribution in [2.75, 3.05) is 26.2 Å². The van der Waals surface area contributed by atoms with Crippen LogP contribution in [0.25, 0.3) is 10.9 Å². The van der Waals surface area contributed by atoms with Crippen LogP contribution >= 0.6 is 11.6 Å². The molecule has 4 rings (SSSR count). The number of benzene rings is 2. The van der Waals surface area contributed by atoms with Gasteiger partial charge in [0.1, 0.15) is 5.69 Å². The van der Waals surface area contributed by atoms with Crippen LogP contribution in [-0.4, -0.2) is 52.8 Å². The Balaban J connectivity index is 1.42. The van der Waals surface area contributed by atoms with Gasteiger partial charge in [0.05, 0.1) is 0 Å². The van der Waals surface area contributed by atoms with E-state index in [0.717, 1.165) is 16.5 Å². The quantitative estimate of drug-likeness (QED) is 0.735. The number of amides is 2. The van der Waals surface area contributed by atoms with E-state index in [9.17, 15) is 9.59 Å². The van der Waals surface area contributed by atoms with E-state index in [1.165, 1.54) is 0 Å². The molecule has 6 heteroatoms. The van der Waals surface area contributed by atoms with Crippen molar-refractivity contribution < 1.29 is 9.59 Å². The van der Waals surface area contributed by atoms with Gasteiger partial charge in [-0.3, -0.25) is 9.59 Å². The second-order valence-corrected chi connectivity index (χ2v) is 7.30. The second-order valence-electron chi connectivity index (χ2n) is 6.87. The summed E-state index contributed by atoms with van der Waals surface area (Å²) in [5, 5.41) is 1.64. The van der Waals surface area contributed by atoms with Crippen LogP contribution in [0.15, 0.2) is 48.5 Å². The van der Waals surface area contributed by atoms with Gasteiger partial charge in [-0.15, -0.1) is 0 Å². The van der Waals surface area contributed by atoms with Gasteiger partial charge in [0, 0.05) is 47.7 Å². The number of aryl methyl sites for hydroxylation is 1. The first kappa shape index (κ1) is 17.6. The van der Waals surface area contributed by atoms with Crippen LogP contribution in [0.1, 0.15) is 26.4 Å². The highest BCUT2D eigenvalue weighted by atomic mass is 35.5. The SMILES string of the molecule is Cc1ccc2cc(C(=O)N3CCN(C(=O)c4ccc(Cl)cc4)CC3)[nH]c2c1. The van der Waals surface area contributed by atoms with Crippen LogP contribution < -0.4 is 0 Å². The summed E-state index contributed by atoms with van der Waals surface area (Å²) in [6.45, 7) is 4.11. The van der Waals surface area contributed by atoms with Crippen molar-refractivity contribution in [1.82, 2.24) is 14.8 Å². The Morgan fingerprint density at radius 3 is 2.19 bits per heavy atom. The molecule has 27 heavy (non-hydrogen) atoms. The monoisotopic (exact) mass is 381 g/mol. The van der Waals surface area contributed by atoms with Gasteiger partial charge in [-0.2, -0.15) is 0 Å². The minimum absolute atomic E-state index is 0.0255. The summed E-state index contributed by atoms with van der Waals surface area (Å²) in [6, 6.07) is 14.9. The van der Waals surface area contributed by atoms with Crippen LogP contribution in [0.4, 0.5) is 0 Å². The van der Waals surface area contributed by atoms with Crippen molar-refractivity contribution in [1.29, 1.82) is 0 Å². The van der Waals surface area contributed by atoms with Crippen molar-refractivity contribution >= 4 is 34.3 Å². The number of hydrogen-bond donors (Lipinski definition) is 1. The standard InChI is InChI=1S/C21H20ClN3O2/c1-14-2-3-16-13-19(23-18(16)12-14)21(27)25-10-8-24(9-11-25)20(26)15-4-6-17(22)7-5-15/h2-7,12-13,23H,8-11H2,1H3. The summed E-state index contributed by atoms with van der Waals surface area (Å²) in [5.74, 6) is -0.0534. The van der Waals surface area contributed by atoms with E-state index in [-0.39, 0.29) is 11.8 Å². The molecule has 1 aromatic heterocycles. The van der Waals surface area contributed by atoms with Crippen molar-refractivity contribution in [3.8, 4) is 0 Å². The number of piperazine rings is 1. The average Bonchev–Trinajstić information content (AvgIpc) is 3.11. The highest BCUT2D eigenvalue weighted by molar-refractivity contribution is 6.30. The lowest BCUT2D eigenvalue weighted by molar-refractivity contribution is 0.0533. The van der Waals surface area contributed by atoms with Crippen molar-refractivity contribution in [2.24, 2.45) is 0 Å². The molecule has 0 unspecified atom stereocenters. The molecular formula is C21H20ClN3O2. The normalized spacial score (nSPS) is 14.6. The zero-order chi connectivity index (χ0) is 19.0. The lowest BCUT2D eigenvalue weighted by Gasteiger charge is -2.34. The maximum absolute atomic E-state index is 12.8. The number of aromatic nitrogens is 1. The summed E-state index contributed by atoms with van der Waals surface area (Å²) in [4.78, 5) is 32.2. The number of carbonyl (C=O) groups is 2. The molecule has 0 spiro atoms. The molecule has 1 aliphatic rings. The van der Waals surface area contributed by atoms with E-state index >= 15 is 0 Å². The van der Waals surface area contributed by atoms with Crippen LogP contribution in [0.5, 0.6) is 0 Å². The van der Waals surface area contributed by atoms with Crippen LogP contribution in [0, 0.1) is 6.92 Å². The predicted molar refractivity (Wildman–Crippen MR) is 106 cm³/mol. The van der Waals surface area contributed by atoms with Gasteiger partial charge in [0.2, 0.25) is 0 Å². The van der Waals surface area contributed by atoms with Crippen LogP contribution in [0.3, 0.4) is 0 Å². The Hall–Kier alpha value is -2.79. The first-order valence-electron chi connectivity index (χ1n) is 8.95. The molecule has 0 saturated carbocycles. The molecule has 1 aliphatic heterocycles. The molecule has 138 valence electrons. The van der Waals surface area contributed by atoms with E-state index in [2.05, 4.69) is 4.98 Å². The Kier molecular flexibility index (Phi) is 4.62. The molecule has 1 fully saturated rings. The predicted octanol–water partition coefficient (Wildman–Crippen LogP) is 3.73. The van der Waals surface area contributed by atoms with Crippen LogP contribution in [0.2, 0.25) is 5.02 Å². The van der Waals surface area contributed by atoms with Gasteiger partial charge in [-0.1, -0.05) is 23.7 Å². The van der Waals surface area contributed by atoms with Gasteiger partial charge >= 0.3 is 0 Å². The van der Waals surface area contributed by atoms with Gasteiger partial charge in [-0.25, -0.2) is 0 Å². The second kappa shape index (κ2) is 7.08. The van der Waals surface area contributed by atoms with E-state index in [4.69, 9.17) is 11.6 Å². The highest BCUT2D eigenvalue weighted by Crippen LogP contribution is 2.19. The number of hydrogen-bond acceptors (Lipinski definition) is 2. The highest BCUT2D eigenvalue weighted by Gasteiger charge is 2.26. The molecule has 3 aromatic rings. The number of fused-ring (bicyclic) bond motifs is 1. The molecule has 5 nitrogen and oxygen atoms in total. The van der Waals surface area contributed by atoms with E-state index in [1.54, 1.807) is 34.1 Å². The zero-order valence-corrected chi connectivity index (χ0v) is 15.8. The fraction of sp³-hybridized carbons (Fsp3) is 0.238. The largest absolute Gasteiger partial charge is 0.351 e. The minimum atomic E-state index is -0.0279. The summed E-state index contributed by atoms with van der Waals surface area (Å²) >= 11 is 5.88. The summed E-state index contributed by atoms with van der Waals surface area (Å²) in [7, 11) is 0. The van der Waals surface area contributed by atoms with E-state index in [0.29, 0.717) is 42.5 Å². The molecule has 1 saturated heterocycles. The third-order valence-electron chi connectivity index (χ3n) is 4.95. The third kappa shape index (κ3) is 3.55. The molecule has 0 bridgehead atoms. The van der Waals surface area contributed by atoms with Crippen LogP contribution in [-0.2, 0) is 0 Å². The fourth-order valence-electron chi connectivity index (χ4n) is 3.41. The maximum atomic E-state index is 12.8. The molecule has 2 heterocycles. The molecule has 0 radical (unpaired) electrons. The van der Waals surface area contributed by atoms with Gasteiger partial charge in [-0.05, 0) is 48.9 Å².